The number of aryl methyl sites for hydroxylation is 1. The predicted molar refractivity (Wildman–Crippen MR) is 117 cm³/mol. The van der Waals surface area contributed by atoms with E-state index in [1.54, 1.807) is 13.0 Å². The van der Waals surface area contributed by atoms with Crippen molar-refractivity contribution < 1.29 is 22.7 Å². The van der Waals surface area contributed by atoms with Gasteiger partial charge < -0.3 is 9.64 Å². The van der Waals surface area contributed by atoms with Crippen LogP contribution in [0.25, 0.3) is 0 Å². The summed E-state index contributed by atoms with van der Waals surface area (Å²) in [4.78, 5) is 19.7. The molecule has 0 spiro atoms. The van der Waals surface area contributed by atoms with Crippen LogP contribution in [0.2, 0.25) is 0 Å². The number of ether oxygens (including phenoxy) is 1. The molecule has 174 valence electrons. The number of carbonyl (C=O) groups is 1. The Bertz CT molecular complexity index is 904. The van der Waals surface area contributed by atoms with Gasteiger partial charge in [0.25, 0.3) is 0 Å². The highest BCUT2D eigenvalue weighted by Crippen LogP contribution is 2.41. The highest BCUT2D eigenvalue weighted by molar-refractivity contribution is 5.77. The first-order chi connectivity index (χ1) is 15.1. The Labute approximate surface area is 187 Å². The minimum Gasteiger partial charge on any atom is -0.466 e. The summed E-state index contributed by atoms with van der Waals surface area (Å²) in [6.07, 6.45) is -0.870. The molecule has 0 N–H and O–H groups in total. The number of carbonyl (C=O) groups excluding carboxylic acids is 1. The fourth-order valence-corrected chi connectivity index (χ4v) is 4.50. The van der Waals surface area contributed by atoms with E-state index in [9.17, 15) is 18.0 Å². The molecule has 0 bridgehead atoms. The minimum atomic E-state index is -4.46. The van der Waals surface area contributed by atoms with Gasteiger partial charge in [0.1, 0.15) is 0 Å². The summed E-state index contributed by atoms with van der Waals surface area (Å²) in [7, 11) is 0. The monoisotopic (exact) mass is 448 g/mol. The van der Waals surface area contributed by atoms with Crippen LogP contribution in [0.4, 0.5) is 13.2 Å². The molecule has 4 nitrogen and oxygen atoms in total. The number of hydrogen-bond donors (Lipinski definition) is 0. The molecule has 2 aromatic rings. The van der Waals surface area contributed by atoms with Gasteiger partial charge in [0, 0.05) is 24.4 Å². The number of hydrogen-bond acceptors (Lipinski definition) is 4. The molecule has 1 aliphatic rings. The van der Waals surface area contributed by atoms with Gasteiger partial charge in [-0.3, -0.25) is 9.78 Å². The molecule has 0 unspecified atom stereocenters. The second-order valence-corrected chi connectivity index (χ2v) is 8.75. The first-order valence-electron chi connectivity index (χ1n) is 11.1. The van der Waals surface area contributed by atoms with Gasteiger partial charge in [-0.25, -0.2) is 0 Å². The number of halogens is 3. The smallest absolute Gasteiger partial charge is 0.416 e. The number of esters is 1. The predicted octanol–water partition coefficient (Wildman–Crippen LogP) is 5.23. The maximum atomic E-state index is 13.5. The molecule has 1 atom stereocenters. The van der Waals surface area contributed by atoms with E-state index in [1.165, 1.54) is 12.1 Å². The molecule has 0 radical (unpaired) electrons. The number of alkyl halides is 3. The first-order valence-corrected chi connectivity index (χ1v) is 11.1. The van der Waals surface area contributed by atoms with Crippen molar-refractivity contribution in [3.05, 3.63) is 65.0 Å². The largest absolute Gasteiger partial charge is 0.466 e. The van der Waals surface area contributed by atoms with Crippen LogP contribution in [0.1, 0.15) is 49.1 Å². The zero-order valence-corrected chi connectivity index (χ0v) is 18.9. The lowest BCUT2D eigenvalue weighted by atomic mass is 9.72. The first kappa shape index (κ1) is 24.2. The van der Waals surface area contributed by atoms with E-state index in [2.05, 4.69) is 16.8 Å². The molecular formula is C25H31F3N2O2. The lowest BCUT2D eigenvalue weighted by molar-refractivity contribution is -0.159. The second-order valence-electron chi connectivity index (χ2n) is 8.75. The van der Waals surface area contributed by atoms with Crippen LogP contribution in [0, 0.1) is 12.3 Å². The summed E-state index contributed by atoms with van der Waals surface area (Å²) in [5.41, 5.74) is 0.640. The van der Waals surface area contributed by atoms with Crippen LogP contribution in [-0.4, -0.2) is 41.6 Å². The van der Waals surface area contributed by atoms with Crippen LogP contribution >= 0.6 is 0 Å². The van der Waals surface area contributed by atoms with Crippen LogP contribution in [0.15, 0.2) is 42.6 Å². The molecule has 2 heterocycles. The molecular weight excluding hydrogens is 417 g/mol. The fraction of sp³-hybridized carbons (Fsp3) is 0.520. The van der Waals surface area contributed by atoms with Crippen molar-refractivity contribution in [3.63, 3.8) is 0 Å². The molecule has 1 saturated heterocycles. The van der Waals surface area contributed by atoms with Gasteiger partial charge in [-0.1, -0.05) is 24.3 Å². The van der Waals surface area contributed by atoms with E-state index in [1.807, 2.05) is 25.3 Å². The fourth-order valence-electron chi connectivity index (χ4n) is 4.50. The number of rotatable bonds is 7. The van der Waals surface area contributed by atoms with Crippen LogP contribution < -0.4 is 0 Å². The van der Waals surface area contributed by atoms with Crippen molar-refractivity contribution in [2.75, 3.05) is 19.7 Å². The highest BCUT2D eigenvalue weighted by atomic mass is 19.4. The maximum absolute atomic E-state index is 13.5. The van der Waals surface area contributed by atoms with Crippen molar-refractivity contribution >= 4 is 5.97 Å². The molecule has 0 saturated carbocycles. The van der Waals surface area contributed by atoms with Gasteiger partial charge in [-0.15, -0.1) is 0 Å². The molecule has 1 aromatic heterocycles. The molecule has 7 heteroatoms. The summed E-state index contributed by atoms with van der Waals surface area (Å²) >= 11 is 0. The van der Waals surface area contributed by atoms with Crippen LogP contribution in [0.5, 0.6) is 0 Å². The van der Waals surface area contributed by atoms with E-state index in [0.29, 0.717) is 25.9 Å². The van der Waals surface area contributed by atoms with Crippen molar-refractivity contribution in [3.8, 4) is 0 Å². The lowest BCUT2D eigenvalue weighted by Crippen LogP contribution is -2.49. The quantitative estimate of drug-likeness (QED) is 0.544. The number of pyridine rings is 1. The number of aromatic nitrogens is 1. The van der Waals surface area contributed by atoms with Gasteiger partial charge in [0.15, 0.2) is 0 Å². The average molecular weight is 449 g/mol. The number of benzene rings is 1. The lowest BCUT2D eigenvalue weighted by Gasteiger charge is -2.42. The second kappa shape index (κ2) is 10.0. The van der Waals surface area contributed by atoms with Gasteiger partial charge in [0.2, 0.25) is 0 Å². The Morgan fingerprint density at radius 3 is 2.47 bits per heavy atom. The van der Waals surface area contributed by atoms with Gasteiger partial charge in [0.05, 0.1) is 17.6 Å². The van der Waals surface area contributed by atoms with Crippen molar-refractivity contribution in [1.29, 1.82) is 0 Å². The third-order valence-corrected chi connectivity index (χ3v) is 6.42. The molecule has 0 aliphatic carbocycles. The normalized spacial score (nSPS) is 17.7. The highest BCUT2D eigenvalue weighted by Gasteiger charge is 2.45. The minimum absolute atomic E-state index is 0.0310. The zero-order valence-electron chi connectivity index (χ0n) is 18.9. The summed E-state index contributed by atoms with van der Waals surface area (Å²) in [5.74, 6) is -0.399. The van der Waals surface area contributed by atoms with Crippen LogP contribution in [0.3, 0.4) is 0 Å². The summed E-state index contributed by atoms with van der Waals surface area (Å²) < 4.78 is 46.0. The standard InChI is InChI=1S/C25H31F3N2O2/c1-4-32-23(31)24(16-20-7-5-6-8-22(20)25(26,27)28)11-13-30(14-12-24)19(3)15-21-10-9-18(2)17-29-21/h5-10,17,19H,4,11-16H2,1-3H3/t19-/m1/s1. The van der Waals surface area contributed by atoms with Crippen molar-refractivity contribution in [2.24, 2.45) is 5.41 Å². The Morgan fingerprint density at radius 2 is 1.88 bits per heavy atom. The van der Waals surface area contributed by atoms with Gasteiger partial charge >= 0.3 is 12.1 Å². The van der Waals surface area contributed by atoms with E-state index in [-0.39, 0.29) is 24.6 Å². The van der Waals surface area contributed by atoms with Gasteiger partial charge in [-0.2, -0.15) is 13.2 Å². The van der Waals surface area contributed by atoms with Gasteiger partial charge in [-0.05, 0) is 76.4 Å². The molecule has 32 heavy (non-hydrogen) atoms. The number of piperidine rings is 1. The average Bonchev–Trinajstić information content (AvgIpc) is 2.75. The Morgan fingerprint density at radius 1 is 1.19 bits per heavy atom. The van der Waals surface area contributed by atoms with Crippen molar-refractivity contribution in [2.45, 2.75) is 58.7 Å². The Balaban J connectivity index is 1.76. The Hall–Kier alpha value is -2.41. The third kappa shape index (κ3) is 5.68. The number of nitrogens with zero attached hydrogens (tertiary/aromatic N) is 2. The molecule has 1 aromatic carbocycles. The van der Waals surface area contributed by atoms with Crippen LogP contribution in [-0.2, 0) is 28.5 Å². The van der Waals surface area contributed by atoms with E-state index < -0.39 is 23.1 Å². The zero-order chi connectivity index (χ0) is 23.4. The molecule has 0 amide bonds. The SMILES string of the molecule is CCOC(=O)C1(Cc2ccccc2C(F)(F)F)CCN([C@H](C)Cc2ccc(C)cn2)CC1. The summed E-state index contributed by atoms with van der Waals surface area (Å²) in [6, 6.07) is 9.80. The number of likely N-dealkylation sites (tertiary alicyclic amines) is 1. The third-order valence-electron chi connectivity index (χ3n) is 6.42. The van der Waals surface area contributed by atoms with E-state index >= 15 is 0 Å². The molecule has 1 aliphatic heterocycles. The van der Waals surface area contributed by atoms with E-state index in [4.69, 9.17) is 4.74 Å². The Kier molecular flexibility index (Phi) is 7.59. The molecule has 1 fully saturated rings. The summed E-state index contributed by atoms with van der Waals surface area (Å²) in [5, 5.41) is 0. The van der Waals surface area contributed by atoms with E-state index in [0.717, 1.165) is 23.7 Å². The summed E-state index contributed by atoms with van der Waals surface area (Å²) in [6.45, 7) is 7.30. The molecule has 3 rings (SSSR count). The maximum Gasteiger partial charge on any atom is 0.416 e. The topological polar surface area (TPSA) is 42.4 Å². The van der Waals surface area contributed by atoms with Crippen molar-refractivity contribution in [1.82, 2.24) is 9.88 Å².